The summed E-state index contributed by atoms with van der Waals surface area (Å²) in [5, 5.41) is 3.53. The third-order valence-electron chi connectivity index (χ3n) is 3.98. The van der Waals surface area contributed by atoms with Crippen molar-refractivity contribution < 1.29 is 13.6 Å². The summed E-state index contributed by atoms with van der Waals surface area (Å²) in [4.78, 5) is 12.0. The maximum atomic E-state index is 13.3. The number of anilines is 1. The molecule has 0 aliphatic heterocycles. The number of halogens is 3. The highest BCUT2D eigenvalue weighted by Crippen LogP contribution is 2.41. The first kappa shape index (κ1) is 16.5. The van der Waals surface area contributed by atoms with Crippen molar-refractivity contribution in [2.45, 2.75) is 26.2 Å². The second-order valence-electron chi connectivity index (χ2n) is 5.95. The number of benzene rings is 1. The Morgan fingerprint density at radius 2 is 2.00 bits per heavy atom. The van der Waals surface area contributed by atoms with Crippen molar-refractivity contribution in [1.82, 2.24) is 4.37 Å². The molecule has 23 heavy (non-hydrogen) atoms. The summed E-state index contributed by atoms with van der Waals surface area (Å²) in [6.45, 7) is 2.91. The van der Waals surface area contributed by atoms with Gasteiger partial charge in [-0.15, -0.1) is 0 Å². The highest BCUT2D eigenvalue weighted by molar-refractivity contribution is 9.10. The maximum Gasteiger partial charge on any atom is 0.270 e. The molecular formula is C16H15BrF2N2OS. The van der Waals surface area contributed by atoms with E-state index in [1.165, 1.54) is 23.7 Å². The molecule has 2 aromatic rings. The van der Waals surface area contributed by atoms with Crippen LogP contribution < -0.4 is 5.32 Å². The second kappa shape index (κ2) is 5.94. The Kier molecular flexibility index (Phi) is 4.27. The van der Waals surface area contributed by atoms with E-state index < -0.39 is 5.92 Å². The number of rotatable bonds is 4. The number of nitrogens with one attached hydrogen (secondary N) is 1. The van der Waals surface area contributed by atoms with E-state index in [2.05, 4.69) is 25.6 Å². The summed E-state index contributed by atoms with van der Waals surface area (Å²) >= 11 is 4.62. The Morgan fingerprint density at radius 3 is 2.52 bits per heavy atom. The highest BCUT2D eigenvalue weighted by Gasteiger charge is 2.39. The second-order valence-corrected chi connectivity index (χ2v) is 7.52. The van der Waals surface area contributed by atoms with Crippen molar-refractivity contribution in [2.24, 2.45) is 11.8 Å². The topological polar surface area (TPSA) is 42.0 Å². The van der Waals surface area contributed by atoms with Crippen LogP contribution in [-0.2, 0) is 10.7 Å². The number of carbonyl (C=O) groups excluding carboxylic acids is 1. The lowest BCUT2D eigenvalue weighted by atomic mass is 10.1. The van der Waals surface area contributed by atoms with Crippen molar-refractivity contribution >= 4 is 38.4 Å². The van der Waals surface area contributed by atoms with Crippen LogP contribution in [0.25, 0.3) is 11.3 Å². The predicted octanol–water partition coefficient (Wildman–Crippen LogP) is 5.28. The van der Waals surface area contributed by atoms with E-state index in [1.54, 1.807) is 12.1 Å². The van der Waals surface area contributed by atoms with Gasteiger partial charge in [-0.25, -0.2) is 8.78 Å². The van der Waals surface area contributed by atoms with Gasteiger partial charge < -0.3 is 5.32 Å². The van der Waals surface area contributed by atoms with Crippen LogP contribution in [0.2, 0.25) is 0 Å². The number of amides is 1. The molecule has 0 saturated heterocycles. The van der Waals surface area contributed by atoms with Crippen molar-refractivity contribution in [2.75, 3.05) is 5.32 Å². The zero-order valence-corrected chi connectivity index (χ0v) is 15.0. The average molecular weight is 401 g/mol. The zero-order chi connectivity index (χ0) is 16.8. The molecule has 1 amide bonds. The van der Waals surface area contributed by atoms with Crippen LogP contribution in [0.3, 0.4) is 0 Å². The normalized spacial score (nSPS) is 20.4. The van der Waals surface area contributed by atoms with Crippen LogP contribution in [0.15, 0.2) is 28.7 Å². The number of alkyl halides is 2. The van der Waals surface area contributed by atoms with Gasteiger partial charge >= 0.3 is 0 Å². The minimum absolute atomic E-state index is 0.00868. The van der Waals surface area contributed by atoms with E-state index in [1.807, 2.05) is 6.92 Å². The Morgan fingerprint density at radius 1 is 1.39 bits per heavy atom. The number of hydrogen-bond donors (Lipinski definition) is 1. The van der Waals surface area contributed by atoms with E-state index in [0.29, 0.717) is 21.1 Å². The molecule has 1 aliphatic rings. The number of carbonyl (C=O) groups is 1. The molecule has 3 nitrogen and oxygen atoms in total. The fraction of sp³-hybridized carbons (Fsp3) is 0.375. The van der Waals surface area contributed by atoms with Gasteiger partial charge in [0.15, 0.2) is 0 Å². The number of nitrogens with zero attached hydrogens (tertiary/aromatic N) is 1. The molecule has 0 bridgehead atoms. The van der Waals surface area contributed by atoms with Crippen LogP contribution in [0.4, 0.5) is 13.8 Å². The molecule has 1 fully saturated rings. The van der Waals surface area contributed by atoms with Crippen molar-refractivity contribution in [1.29, 1.82) is 0 Å². The first-order valence-electron chi connectivity index (χ1n) is 7.22. The van der Waals surface area contributed by atoms with Gasteiger partial charge in [0.2, 0.25) is 5.91 Å². The maximum absolute atomic E-state index is 13.3. The Hall–Kier alpha value is -1.34. The van der Waals surface area contributed by atoms with Gasteiger partial charge in [-0.1, -0.05) is 31.2 Å². The van der Waals surface area contributed by atoms with Crippen molar-refractivity contribution in [3.63, 3.8) is 0 Å². The molecule has 1 aliphatic carbocycles. The minimum Gasteiger partial charge on any atom is -0.315 e. The third kappa shape index (κ3) is 3.45. The quantitative estimate of drug-likeness (QED) is 0.758. The van der Waals surface area contributed by atoms with Crippen LogP contribution in [0.5, 0.6) is 0 Å². The predicted molar refractivity (Wildman–Crippen MR) is 90.7 cm³/mol. The molecule has 1 N–H and O–H groups in total. The molecule has 1 aromatic heterocycles. The first-order chi connectivity index (χ1) is 10.8. The Bertz CT molecular complexity index is 740. The monoisotopic (exact) mass is 400 g/mol. The van der Waals surface area contributed by atoms with Crippen LogP contribution in [0, 0.1) is 11.8 Å². The lowest BCUT2D eigenvalue weighted by Crippen LogP contribution is -2.13. The van der Waals surface area contributed by atoms with E-state index in [9.17, 15) is 13.6 Å². The SMILES string of the molecule is C[C@@H]1C[C@H]1C(=O)Nc1snc(-c2ccc(C(C)(F)F)cc2)c1Br. The Balaban J connectivity index is 1.80. The Labute approximate surface area is 145 Å². The van der Waals surface area contributed by atoms with Gasteiger partial charge in [0.1, 0.15) is 10.7 Å². The summed E-state index contributed by atoms with van der Waals surface area (Å²) in [7, 11) is 0. The molecular weight excluding hydrogens is 386 g/mol. The van der Waals surface area contributed by atoms with Gasteiger partial charge in [0.25, 0.3) is 5.92 Å². The molecule has 0 spiro atoms. The fourth-order valence-electron chi connectivity index (χ4n) is 2.35. The van der Waals surface area contributed by atoms with Crippen LogP contribution in [0.1, 0.15) is 25.8 Å². The van der Waals surface area contributed by atoms with Gasteiger partial charge in [-0.05, 0) is 39.8 Å². The molecule has 7 heteroatoms. The van der Waals surface area contributed by atoms with Gasteiger partial charge in [-0.2, -0.15) is 4.37 Å². The lowest BCUT2D eigenvalue weighted by molar-refractivity contribution is -0.117. The van der Waals surface area contributed by atoms with E-state index in [-0.39, 0.29) is 17.4 Å². The third-order valence-corrected chi connectivity index (χ3v) is 5.78. The van der Waals surface area contributed by atoms with Crippen molar-refractivity contribution in [3.05, 3.63) is 34.3 Å². The van der Waals surface area contributed by atoms with Gasteiger partial charge in [0.05, 0.1) is 4.47 Å². The molecule has 2 atom stereocenters. The summed E-state index contributed by atoms with van der Waals surface area (Å²) < 4.78 is 31.5. The standard InChI is InChI=1S/C16H15BrF2N2OS/c1-8-7-11(8)14(22)20-15-12(17)13(21-23-15)9-3-5-10(6-4-9)16(2,18)19/h3-6,8,11H,7H2,1-2H3,(H,20,22)/t8-,11-/m1/s1. The summed E-state index contributed by atoms with van der Waals surface area (Å²) in [5.41, 5.74) is 1.32. The van der Waals surface area contributed by atoms with E-state index >= 15 is 0 Å². The molecule has 0 radical (unpaired) electrons. The minimum atomic E-state index is -2.86. The lowest BCUT2D eigenvalue weighted by Gasteiger charge is -2.10. The summed E-state index contributed by atoms with van der Waals surface area (Å²) in [6.07, 6.45) is 0.918. The molecule has 1 saturated carbocycles. The molecule has 0 unspecified atom stereocenters. The smallest absolute Gasteiger partial charge is 0.270 e. The fourth-order valence-corrected chi connectivity index (χ4v) is 3.80. The number of aromatic nitrogens is 1. The van der Waals surface area contributed by atoms with E-state index in [4.69, 9.17) is 0 Å². The zero-order valence-electron chi connectivity index (χ0n) is 12.6. The number of hydrogen-bond acceptors (Lipinski definition) is 3. The van der Waals surface area contributed by atoms with Crippen LogP contribution >= 0.6 is 27.5 Å². The summed E-state index contributed by atoms with van der Waals surface area (Å²) in [5.74, 6) is -2.34. The van der Waals surface area contributed by atoms with Gasteiger partial charge in [0, 0.05) is 24.0 Å². The van der Waals surface area contributed by atoms with Gasteiger partial charge in [-0.3, -0.25) is 4.79 Å². The molecule has 122 valence electrons. The van der Waals surface area contributed by atoms with Crippen LogP contribution in [-0.4, -0.2) is 10.3 Å². The largest absolute Gasteiger partial charge is 0.315 e. The highest BCUT2D eigenvalue weighted by atomic mass is 79.9. The van der Waals surface area contributed by atoms with E-state index in [0.717, 1.165) is 18.9 Å². The molecule has 1 heterocycles. The average Bonchev–Trinajstić information content (AvgIpc) is 3.12. The van der Waals surface area contributed by atoms with Crippen molar-refractivity contribution in [3.8, 4) is 11.3 Å². The molecule has 1 aromatic carbocycles. The molecule has 3 rings (SSSR count). The first-order valence-corrected chi connectivity index (χ1v) is 8.78. The summed E-state index contributed by atoms with van der Waals surface area (Å²) in [6, 6.07) is 6.01.